The zero-order valence-electron chi connectivity index (χ0n) is 15.5. The van der Waals surface area contributed by atoms with Crippen LogP contribution < -0.4 is 0 Å². The van der Waals surface area contributed by atoms with Crippen molar-refractivity contribution in [2.45, 2.75) is 45.7 Å². The van der Waals surface area contributed by atoms with Gasteiger partial charge in [-0.15, -0.1) is 0 Å². The van der Waals surface area contributed by atoms with E-state index in [9.17, 15) is 9.67 Å². The van der Waals surface area contributed by atoms with E-state index in [1.165, 1.54) is 0 Å². The molecule has 0 heterocycles. The Morgan fingerprint density at radius 1 is 0.846 bits per heavy atom. The Bertz CT molecular complexity index is 805. The normalized spacial score (nSPS) is 12.7. The van der Waals surface area contributed by atoms with Crippen molar-refractivity contribution in [2.24, 2.45) is 0 Å². The van der Waals surface area contributed by atoms with Crippen molar-refractivity contribution in [3.63, 3.8) is 0 Å². The van der Waals surface area contributed by atoms with Crippen molar-refractivity contribution < 1.29 is 18.7 Å². The monoisotopic (exact) mass is 372 g/mol. The molecule has 26 heavy (non-hydrogen) atoms. The molecule has 0 saturated carbocycles. The van der Waals surface area contributed by atoms with Crippen LogP contribution in [0.3, 0.4) is 0 Å². The summed E-state index contributed by atoms with van der Waals surface area (Å²) in [6, 6.07) is 16.6. The molecule has 0 aliphatic carbocycles. The molecular weight excluding hydrogens is 347 g/mol. The Balaban J connectivity index is 2.41. The molecule has 0 bridgehead atoms. The van der Waals surface area contributed by atoms with E-state index in [1.807, 2.05) is 36.4 Å². The number of hydrogen-bond acceptors (Lipinski definition) is 4. The van der Waals surface area contributed by atoms with Crippen LogP contribution in [0.25, 0.3) is 0 Å². The zero-order valence-corrected chi connectivity index (χ0v) is 16.4. The van der Waals surface area contributed by atoms with Crippen LogP contribution in [0.2, 0.25) is 0 Å². The molecule has 5 heteroatoms. The molecular formula is C21H25O4P. The third-order valence-electron chi connectivity index (χ3n) is 3.37. The van der Waals surface area contributed by atoms with Crippen molar-refractivity contribution in [3.05, 3.63) is 71.3 Å². The lowest BCUT2D eigenvalue weighted by atomic mass is 10.1. The van der Waals surface area contributed by atoms with Gasteiger partial charge in [-0.2, -0.15) is 0 Å². The molecule has 1 N–H and O–H groups in total. The molecule has 0 saturated heterocycles. The van der Waals surface area contributed by atoms with Crippen LogP contribution in [-0.2, 0) is 13.6 Å². The summed E-state index contributed by atoms with van der Waals surface area (Å²) >= 11 is 0. The highest BCUT2D eigenvalue weighted by atomic mass is 31.2. The molecule has 2 rings (SSSR count). The van der Waals surface area contributed by atoms with Crippen LogP contribution in [0.1, 0.15) is 50.2 Å². The topological polar surface area (TPSA) is 55.8 Å². The van der Waals surface area contributed by atoms with E-state index in [0.717, 1.165) is 5.56 Å². The van der Waals surface area contributed by atoms with E-state index >= 15 is 0 Å². The molecule has 0 spiro atoms. The Hall–Kier alpha value is -1.89. The van der Waals surface area contributed by atoms with E-state index in [4.69, 9.17) is 9.05 Å². The van der Waals surface area contributed by atoms with E-state index < -0.39 is 13.4 Å². The number of rotatable bonds is 6. The minimum absolute atomic E-state index is 0.350. The molecule has 0 aliphatic rings. The van der Waals surface area contributed by atoms with Crippen LogP contribution in [0.4, 0.5) is 0 Å². The molecule has 138 valence electrons. The van der Waals surface area contributed by atoms with Gasteiger partial charge in [0.15, 0.2) is 5.85 Å². The molecule has 4 nitrogen and oxygen atoms in total. The van der Waals surface area contributed by atoms with Crippen LogP contribution in [0.5, 0.6) is 0 Å². The van der Waals surface area contributed by atoms with Gasteiger partial charge < -0.3 is 14.2 Å². The number of hydrogen-bond donors (Lipinski definition) is 1. The minimum Gasteiger partial charge on any atom is -0.376 e. The van der Waals surface area contributed by atoms with Gasteiger partial charge in [-0.05, 0) is 45.9 Å². The van der Waals surface area contributed by atoms with Gasteiger partial charge in [0, 0.05) is 16.7 Å². The maximum Gasteiger partial charge on any atom is 0.363 e. The Kier molecular flexibility index (Phi) is 7.20. The summed E-state index contributed by atoms with van der Waals surface area (Å²) in [6.45, 7) is 7.02. The molecule has 2 aromatic carbocycles. The fourth-order valence-corrected chi connectivity index (χ4v) is 4.42. The molecule has 0 fully saturated rings. The molecule has 0 aromatic heterocycles. The van der Waals surface area contributed by atoms with Crippen molar-refractivity contribution in [1.29, 1.82) is 0 Å². The minimum atomic E-state index is -3.78. The molecule has 2 aromatic rings. The predicted molar refractivity (Wildman–Crippen MR) is 104 cm³/mol. The number of aliphatic hydroxyl groups excluding tert-OH is 1. The van der Waals surface area contributed by atoms with Gasteiger partial charge in [0.25, 0.3) is 0 Å². The molecule has 0 amide bonds. The summed E-state index contributed by atoms with van der Waals surface area (Å²) in [5.41, 5.74) is 1.88. The second-order valence-corrected chi connectivity index (χ2v) is 8.42. The van der Waals surface area contributed by atoms with Crippen molar-refractivity contribution in [2.75, 3.05) is 0 Å². The lowest BCUT2D eigenvalue weighted by Crippen LogP contribution is -2.14. The standard InChI is InChI=1S/C21H25O4P/c1-16(2)24-26(23,25-17(3)4)21(22)20-13-9-8-12-19(20)15-14-18-10-6-5-7-11-18/h5-13,16-17,21-22H,1-4H3. The van der Waals surface area contributed by atoms with Crippen molar-refractivity contribution in [3.8, 4) is 11.8 Å². The van der Waals surface area contributed by atoms with Gasteiger partial charge in [-0.25, -0.2) is 0 Å². The van der Waals surface area contributed by atoms with Gasteiger partial charge in [0.05, 0.1) is 12.2 Å². The summed E-state index contributed by atoms with van der Waals surface area (Å²) in [5, 5.41) is 10.8. The van der Waals surface area contributed by atoms with E-state index in [2.05, 4.69) is 11.8 Å². The maximum absolute atomic E-state index is 13.2. The SMILES string of the molecule is CC(C)OP(=O)(OC(C)C)C(O)c1ccccc1C#Cc1ccccc1. The smallest absolute Gasteiger partial charge is 0.363 e. The first-order valence-electron chi connectivity index (χ1n) is 8.62. The summed E-state index contributed by atoms with van der Waals surface area (Å²) in [7, 11) is -3.78. The summed E-state index contributed by atoms with van der Waals surface area (Å²) in [6.07, 6.45) is -0.700. The lowest BCUT2D eigenvalue weighted by Gasteiger charge is -2.27. The fraction of sp³-hybridized carbons (Fsp3) is 0.333. The summed E-state index contributed by atoms with van der Waals surface area (Å²) < 4.78 is 24.3. The number of aliphatic hydroxyl groups is 1. The van der Waals surface area contributed by atoms with Gasteiger partial charge in [0.1, 0.15) is 0 Å². The van der Waals surface area contributed by atoms with Gasteiger partial charge in [0.2, 0.25) is 0 Å². The third-order valence-corrected chi connectivity index (χ3v) is 5.68. The molecule has 1 unspecified atom stereocenters. The number of benzene rings is 2. The van der Waals surface area contributed by atoms with Crippen LogP contribution in [-0.4, -0.2) is 17.3 Å². The summed E-state index contributed by atoms with van der Waals surface area (Å²) in [5.74, 6) is 4.70. The predicted octanol–water partition coefficient (Wildman–Crippen LogP) is 5.12. The van der Waals surface area contributed by atoms with E-state index in [1.54, 1.807) is 45.9 Å². The molecule has 0 radical (unpaired) electrons. The van der Waals surface area contributed by atoms with Gasteiger partial charge >= 0.3 is 7.60 Å². The van der Waals surface area contributed by atoms with Crippen molar-refractivity contribution >= 4 is 7.60 Å². The first kappa shape index (κ1) is 20.4. The van der Waals surface area contributed by atoms with E-state index in [-0.39, 0.29) is 12.2 Å². The Morgan fingerprint density at radius 3 is 1.96 bits per heavy atom. The lowest BCUT2D eigenvalue weighted by molar-refractivity contribution is 0.101. The highest BCUT2D eigenvalue weighted by molar-refractivity contribution is 7.54. The zero-order chi connectivity index (χ0) is 19.2. The highest BCUT2D eigenvalue weighted by Crippen LogP contribution is 2.61. The first-order chi connectivity index (χ1) is 12.3. The average molecular weight is 372 g/mol. The average Bonchev–Trinajstić information content (AvgIpc) is 2.59. The third kappa shape index (κ3) is 5.56. The Labute approximate surface area is 155 Å². The van der Waals surface area contributed by atoms with E-state index in [0.29, 0.717) is 11.1 Å². The quantitative estimate of drug-likeness (QED) is 0.565. The second kappa shape index (κ2) is 9.16. The Morgan fingerprint density at radius 2 is 1.38 bits per heavy atom. The van der Waals surface area contributed by atoms with Crippen molar-refractivity contribution in [1.82, 2.24) is 0 Å². The molecule has 0 aliphatic heterocycles. The second-order valence-electron chi connectivity index (χ2n) is 6.43. The first-order valence-corrected chi connectivity index (χ1v) is 10.2. The largest absolute Gasteiger partial charge is 0.376 e. The van der Waals surface area contributed by atoms with Crippen LogP contribution in [0.15, 0.2) is 54.6 Å². The van der Waals surface area contributed by atoms with Gasteiger partial charge in [-0.3, -0.25) is 4.57 Å². The van der Waals surface area contributed by atoms with Crippen LogP contribution >= 0.6 is 7.60 Å². The molecule has 1 atom stereocenters. The highest BCUT2D eigenvalue weighted by Gasteiger charge is 2.38. The van der Waals surface area contributed by atoms with Crippen LogP contribution in [0, 0.1) is 11.8 Å². The van der Waals surface area contributed by atoms with Gasteiger partial charge in [-0.1, -0.05) is 48.2 Å². The maximum atomic E-state index is 13.2. The fourth-order valence-electron chi connectivity index (χ4n) is 2.40. The summed E-state index contributed by atoms with van der Waals surface area (Å²) in [4.78, 5) is 0.